The molecule has 0 heterocycles. The van der Waals surface area contributed by atoms with Crippen LogP contribution in [0.5, 0.6) is 5.75 Å². The van der Waals surface area contributed by atoms with Crippen molar-refractivity contribution < 1.29 is 19.1 Å². The predicted octanol–water partition coefficient (Wildman–Crippen LogP) is 2.15. The summed E-state index contributed by atoms with van der Waals surface area (Å²) in [6.07, 6.45) is 0.945. The molecule has 5 nitrogen and oxygen atoms in total. The fraction of sp³-hybridized carbons (Fsp3) is 0.500. The summed E-state index contributed by atoms with van der Waals surface area (Å²) in [5.74, 6) is 0.303. The molecule has 0 spiro atoms. The number of para-hydroxylation sites is 1. The number of nitrogens with zero attached hydrogens (tertiary/aromatic N) is 1. The Balaban J connectivity index is 2.54. The SMILES string of the molecule is CCCN(CCOc1ccccc1C(C)=O)CC(=O)OC. The predicted molar refractivity (Wildman–Crippen MR) is 80.7 cm³/mol. The number of Topliss-reactive ketones (excluding diaryl/α,β-unsaturated/α-hetero) is 1. The van der Waals surface area contributed by atoms with Crippen LogP contribution in [0.3, 0.4) is 0 Å². The lowest BCUT2D eigenvalue weighted by molar-refractivity contribution is -0.142. The monoisotopic (exact) mass is 293 g/mol. The van der Waals surface area contributed by atoms with Gasteiger partial charge in [0.2, 0.25) is 0 Å². The van der Waals surface area contributed by atoms with Crippen LogP contribution in [-0.2, 0) is 9.53 Å². The Hall–Kier alpha value is -1.88. The third kappa shape index (κ3) is 5.95. The van der Waals surface area contributed by atoms with Crippen molar-refractivity contribution in [2.45, 2.75) is 20.3 Å². The van der Waals surface area contributed by atoms with Gasteiger partial charge in [-0.1, -0.05) is 19.1 Å². The summed E-state index contributed by atoms with van der Waals surface area (Å²) >= 11 is 0. The second kappa shape index (κ2) is 9.13. The van der Waals surface area contributed by atoms with Crippen LogP contribution in [0.15, 0.2) is 24.3 Å². The second-order valence-electron chi connectivity index (χ2n) is 4.75. The minimum Gasteiger partial charge on any atom is -0.491 e. The van der Waals surface area contributed by atoms with Gasteiger partial charge in [0.15, 0.2) is 5.78 Å². The van der Waals surface area contributed by atoms with E-state index in [4.69, 9.17) is 4.74 Å². The molecule has 0 saturated heterocycles. The van der Waals surface area contributed by atoms with Gasteiger partial charge in [0.1, 0.15) is 12.4 Å². The van der Waals surface area contributed by atoms with Crippen LogP contribution in [0, 0.1) is 0 Å². The highest BCUT2D eigenvalue weighted by Gasteiger charge is 2.11. The normalized spacial score (nSPS) is 10.5. The zero-order valence-electron chi connectivity index (χ0n) is 12.9. The fourth-order valence-corrected chi connectivity index (χ4v) is 2.00. The molecule has 0 unspecified atom stereocenters. The first-order valence-electron chi connectivity index (χ1n) is 7.10. The maximum absolute atomic E-state index is 11.5. The summed E-state index contributed by atoms with van der Waals surface area (Å²) in [7, 11) is 1.38. The van der Waals surface area contributed by atoms with Crippen LogP contribution in [0.1, 0.15) is 30.6 Å². The van der Waals surface area contributed by atoms with Gasteiger partial charge in [-0.25, -0.2) is 0 Å². The van der Waals surface area contributed by atoms with Crippen molar-refractivity contribution in [2.24, 2.45) is 0 Å². The molecule has 5 heteroatoms. The number of esters is 1. The molecule has 0 aliphatic rings. The third-order valence-corrected chi connectivity index (χ3v) is 3.05. The van der Waals surface area contributed by atoms with E-state index < -0.39 is 0 Å². The van der Waals surface area contributed by atoms with Gasteiger partial charge in [0.05, 0.1) is 19.2 Å². The molecule has 0 amide bonds. The Morgan fingerprint density at radius 2 is 1.90 bits per heavy atom. The molecule has 0 N–H and O–H groups in total. The minimum atomic E-state index is -0.257. The summed E-state index contributed by atoms with van der Waals surface area (Å²) in [5.41, 5.74) is 0.576. The largest absolute Gasteiger partial charge is 0.491 e. The molecule has 0 aliphatic carbocycles. The first kappa shape index (κ1) is 17.2. The molecule has 0 aromatic heterocycles. The summed E-state index contributed by atoms with van der Waals surface area (Å²) < 4.78 is 10.4. The number of hydrogen-bond acceptors (Lipinski definition) is 5. The Kier molecular flexibility index (Phi) is 7.46. The molecule has 0 aliphatic heterocycles. The van der Waals surface area contributed by atoms with E-state index in [2.05, 4.69) is 11.7 Å². The van der Waals surface area contributed by atoms with E-state index in [1.54, 1.807) is 12.1 Å². The van der Waals surface area contributed by atoms with Crippen molar-refractivity contribution in [3.05, 3.63) is 29.8 Å². The highest BCUT2D eigenvalue weighted by atomic mass is 16.5. The number of ketones is 1. The first-order valence-corrected chi connectivity index (χ1v) is 7.10. The number of rotatable bonds is 9. The van der Waals surface area contributed by atoms with E-state index in [9.17, 15) is 9.59 Å². The average molecular weight is 293 g/mol. The Bertz CT molecular complexity index is 473. The Morgan fingerprint density at radius 1 is 1.19 bits per heavy atom. The van der Waals surface area contributed by atoms with Crippen LogP contribution < -0.4 is 4.74 Å². The lowest BCUT2D eigenvalue weighted by Gasteiger charge is -2.20. The van der Waals surface area contributed by atoms with Gasteiger partial charge in [-0.05, 0) is 32.0 Å². The summed E-state index contributed by atoms with van der Waals surface area (Å²) in [6.45, 7) is 5.64. The van der Waals surface area contributed by atoms with Gasteiger partial charge in [0, 0.05) is 6.54 Å². The van der Waals surface area contributed by atoms with Gasteiger partial charge in [0.25, 0.3) is 0 Å². The number of carbonyl (C=O) groups excluding carboxylic acids is 2. The smallest absolute Gasteiger partial charge is 0.319 e. The van der Waals surface area contributed by atoms with Crippen molar-refractivity contribution in [1.29, 1.82) is 0 Å². The van der Waals surface area contributed by atoms with E-state index in [1.807, 2.05) is 17.0 Å². The van der Waals surface area contributed by atoms with Gasteiger partial charge in [-0.2, -0.15) is 0 Å². The van der Waals surface area contributed by atoms with Crippen molar-refractivity contribution in [1.82, 2.24) is 4.90 Å². The van der Waals surface area contributed by atoms with Crippen LogP contribution in [0.4, 0.5) is 0 Å². The second-order valence-corrected chi connectivity index (χ2v) is 4.75. The highest BCUT2D eigenvalue weighted by molar-refractivity contribution is 5.96. The summed E-state index contributed by atoms with van der Waals surface area (Å²) in [6, 6.07) is 7.17. The fourth-order valence-electron chi connectivity index (χ4n) is 2.00. The molecule has 0 radical (unpaired) electrons. The van der Waals surface area contributed by atoms with E-state index in [1.165, 1.54) is 14.0 Å². The quantitative estimate of drug-likeness (QED) is 0.516. The van der Waals surface area contributed by atoms with Crippen LogP contribution >= 0.6 is 0 Å². The van der Waals surface area contributed by atoms with Crippen LogP contribution in [0.2, 0.25) is 0 Å². The number of methoxy groups -OCH3 is 1. The topological polar surface area (TPSA) is 55.8 Å². The Morgan fingerprint density at radius 3 is 2.52 bits per heavy atom. The third-order valence-electron chi connectivity index (χ3n) is 3.05. The lowest BCUT2D eigenvalue weighted by Crippen LogP contribution is -2.34. The molecule has 0 fully saturated rings. The summed E-state index contributed by atoms with van der Waals surface area (Å²) in [5, 5.41) is 0. The molecule has 1 aromatic rings. The zero-order valence-corrected chi connectivity index (χ0v) is 12.9. The van der Waals surface area contributed by atoms with Crippen molar-refractivity contribution in [3.8, 4) is 5.75 Å². The van der Waals surface area contributed by atoms with Crippen LogP contribution in [-0.4, -0.2) is 50.0 Å². The Labute approximate surface area is 125 Å². The first-order chi connectivity index (χ1) is 10.1. The van der Waals surface area contributed by atoms with Gasteiger partial charge in [-0.15, -0.1) is 0 Å². The molecule has 1 rings (SSSR count). The van der Waals surface area contributed by atoms with Gasteiger partial charge < -0.3 is 9.47 Å². The number of benzene rings is 1. The summed E-state index contributed by atoms with van der Waals surface area (Å²) in [4.78, 5) is 24.8. The number of ether oxygens (including phenoxy) is 2. The standard InChI is InChI=1S/C16H23NO4/c1-4-9-17(12-16(19)20-3)10-11-21-15-8-6-5-7-14(15)13(2)18/h5-8H,4,9-12H2,1-3H3. The lowest BCUT2D eigenvalue weighted by atomic mass is 10.1. The van der Waals surface area contributed by atoms with Gasteiger partial charge >= 0.3 is 5.97 Å². The van der Waals surface area contributed by atoms with Crippen molar-refractivity contribution in [3.63, 3.8) is 0 Å². The van der Waals surface area contributed by atoms with E-state index >= 15 is 0 Å². The molecule has 0 atom stereocenters. The van der Waals surface area contributed by atoms with E-state index in [0.29, 0.717) is 24.5 Å². The molecule has 1 aromatic carbocycles. The molecule has 21 heavy (non-hydrogen) atoms. The number of hydrogen-bond donors (Lipinski definition) is 0. The maximum atomic E-state index is 11.5. The molecular formula is C16H23NO4. The van der Waals surface area contributed by atoms with E-state index in [-0.39, 0.29) is 18.3 Å². The molecule has 0 saturated carbocycles. The van der Waals surface area contributed by atoms with Crippen molar-refractivity contribution in [2.75, 3.05) is 33.4 Å². The molecule has 0 bridgehead atoms. The minimum absolute atomic E-state index is 0.0226. The van der Waals surface area contributed by atoms with Crippen LogP contribution in [0.25, 0.3) is 0 Å². The molecular weight excluding hydrogens is 270 g/mol. The zero-order chi connectivity index (χ0) is 15.7. The van der Waals surface area contributed by atoms with Crippen molar-refractivity contribution >= 4 is 11.8 Å². The highest BCUT2D eigenvalue weighted by Crippen LogP contribution is 2.18. The van der Waals surface area contributed by atoms with E-state index in [0.717, 1.165) is 13.0 Å². The van der Waals surface area contributed by atoms with Gasteiger partial charge in [-0.3, -0.25) is 14.5 Å². The average Bonchev–Trinajstić information content (AvgIpc) is 2.47. The maximum Gasteiger partial charge on any atom is 0.319 e. The number of carbonyl (C=O) groups is 2. The molecule has 116 valence electrons.